The third-order valence-electron chi connectivity index (χ3n) is 4.76. The number of hydrogen-bond acceptors (Lipinski definition) is 3. The van der Waals surface area contributed by atoms with Crippen molar-refractivity contribution in [3.05, 3.63) is 108 Å². The van der Waals surface area contributed by atoms with Crippen molar-refractivity contribution in [1.29, 1.82) is 5.26 Å². The Balaban J connectivity index is 1.55. The van der Waals surface area contributed by atoms with Gasteiger partial charge in [-0.05, 0) is 35.4 Å². The van der Waals surface area contributed by atoms with Crippen LogP contribution in [0.5, 0.6) is 0 Å². The molecule has 1 aromatic heterocycles. The summed E-state index contributed by atoms with van der Waals surface area (Å²) < 4.78 is 16.0. The number of nitrogens with zero attached hydrogens (tertiary/aromatic N) is 3. The summed E-state index contributed by atoms with van der Waals surface area (Å²) in [5.41, 5.74) is 3.35. The van der Waals surface area contributed by atoms with Gasteiger partial charge >= 0.3 is 0 Å². The highest BCUT2D eigenvalue weighted by molar-refractivity contribution is 6.01. The van der Waals surface area contributed by atoms with Crippen LogP contribution >= 0.6 is 0 Å². The van der Waals surface area contributed by atoms with E-state index in [1.165, 1.54) is 12.4 Å². The van der Waals surface area contributed by atoms with E-state index < -0.39 is 5.82 Å². The number of rotatable bonds is 5. The molecule has 0 aliphatic heterocycles. The van der Waals surface area contributed by atoms with Gasteiger partial charge in [-0.3, -0.25) is 4.79 Å². The quantitative estimate of drug-likeness (QED) is 0.541. The molecule has 4 aromatic rings. The number of carbonyl (C=O) groups is 1. The largest absolute Gasteiger partial charge is 0.348 e. The Hall–Kier alpha value is -4.24. The molecular weight excluding hydrogens is 379 g/mol. The third-order valence-corrected chi connectivity index (χ3v) is 4.76. The van der Waals surface area contributed by atoms with Crippen molar-refractivity contribution in [1.82, 2.24) is 14.9 Å². The average molecular weight is 396 g/mol. The molecule has 1 heterocycles. The van der Waals surface area contributed by atoms with Gasteiger partial charge in [-0.2, -0.15) is 5.26 Å². The number of halogens is 1. The van der Waals surface area contributed by atoms with Crippen LogP contribution in [0.2, 0.25) is 0 Å². The van der Waals surface area contributed by atoms with Crippen LogP contribution in [-0.4, -0.2) is 15.5 Å². The Morgan fingerprint density at radius 1 is 1.07 bits per heavy atom. The van der Waals surface area contributed by atoms with Gasteiger partial charge < -0.3 is 9.88 Å². The highest BCUT2D eigenvalue weighted by atomic mass is 19.1. The van der Waals surface area contributed by atoms with Gasteiger partial charge in [0, 0.05) is 30.1 Å². The second-order valence-electron chi connectivity index (χ2n) is 6.64. The molecule has 0 spiro atoms. The number of imidazole rings is 1. The molecule has 5 nitrogen and oxygen atoms in total. The Morgan fingerprint density at radius 2 is 1.83 bits per heavy atom. The van der Waals surface area contributed by atoms with E-state index in [0.29, 0.717) is 33.5 Å². The second-order valence-corrected chi connectivity index (χ2v) is 6.64. The lowest BCUT2D eigenvalue weighted by Crippen LogP contribution is -2.23. The van der Waals surface area contributed by atoms with E-state index in [2.05, 4.69) is 16.4 Å². The molecule has 0 unspecified atom stereocenters. The van der Waals surface area contributed by atoms with Gasteiger partial charge in [-0.25, -0.2) is 9.37 Å². The molecule has 0 radical (unpaired) electrons. The van der Waals surface area contributed by atoms with Gasteiger partial charge in [-0.15, -0.1) is 0 Å². The Kier molecular flexibility index (Phi) is 5.35. The lowest BCUT2D eigenvalue weighted by Gasteiger charge is -2.12. The Bertz CT molecular complexity index is 1240. The molecule has 3 aromatic carbocycles. The van der Waals surface area contributed by atoms with E-state index in [9.17, 15) is 14.4 Å². The van der Waals surface area contributed by atoms with Crippen molar-refractivity contribution in [2.75, 3.05) is 0 Å². The number of nitrogens with one attached hydrogen (secondary N) is 1. The number of carbonyl (C=O) groups excluding carboxylic acids is 1. The Labute approximate surface area is 173 Å². The normalized spacial score (nSPS) is 10.4. The van der Waals surface area contributed by atoms with E-state index in [-0.39, 0.29) is 12.5 Å². The molecule has 0 aliphatic rings. The first kappa shape index (κ1) is 19.1. The predicted molar refractivity (Wildman–Crippen MR) is 111 cm³/mol. The van der Waals surface area contributed by atoms with Crippen molar-refractivity contribution in [3.63, 3.8) is 0 Å². The summed E-state index contributed by atoms with van der Waals surface area (Å²) in [4.78, 5) is 16.8. The SMILES string of the molecule is N#Cc1ccccc1-c1ccccc1C(=O)NCc1ccc(-n2ccnc2)c(F)c1. The first-order valence-electron chi connectivity index (χ1n) is 9.31. The van der Waals surface area contributed by atoms with Gasteiger partial charge in [0.1, 0.15) is 5.82 Å². The molecule has 0 atom stereocenters. The summed E-state index contributed by atoms with van der Waals surface area (Å²) in [5, 5.41) is 12.2. The molecule has 1 N–H and O–H groups in total. The smallest absolute Gasteiger partial charge is 0.252 e. The summed E-state index contributed by atoms with van der Waals surface area (Å²) in [6.45, 7) is 0.175. The topological polar surface area (TPSA) is 70.7 Å². The van der Waals surface area contributed by atoms with Crippen LogP contribution in [0.15, 0.2) is 85.5 Å². The third kappa shape index (κ3) is 3.82. The highest BCUT2D eigenvalue weighted by Crippen LogP contribution is 2.27. The van der Waals surface area contributed by atoms with Crippen LogP contribution < -0.4 is 5.32 Å². The molecule has 0 saturated carbocycles. The first-order valence-corrected chi connectivity index (χ1v) is 9.31. The minimum absolute atomic E-state index is 0.175. The van der Waals surface area contributed by atoms with E-state index in [1.54, 1.807) is 53.4 Å². The lowest BCUT2D eigenvalue weighted by molar-refractivity contribution is 0.0951. The van der Waals surface area contributed by atoms with Crippen molar-refractivity contribution < 1.29 is 9.18 Å². The monoisotopic (exact) mass is 396 g/mol. The van der Waals surface area contributed by atoms with Crippen LogP contribution in [0.4, 0.5) is 4.39 Å². The zero-order valence-electron chi connectivity index (χ0n) is 15.9. The molecule has 30 heavy (non-hydrogen) atoms. The summed E-state index contributed by atoms with van der Waals surface area (Å²) in [5.74, 6) is -0.694. The first-order chi connectivity index (χ1) is 14.7. The van der Waals surface area contributed by atoms with Gasteiger partial charge in [0.25, 0.3) is 5.91 Å². The van der Waals surface area contributed by atoms with Crippen molar-refractivity contribution in [3.8, 4) is 22.9 Å². The summed E-state index contributed by atoms with van der Waals surface area (Å²) in [6.07, 6.45) is 4.77. The van der Waals surface area contributed by atoms with Crippen molar-refractivity contribution in [2.45, 2.75) is 6.54 Å². The maximum Gasteiger partial charge on any atom is 0.252 e. The fraction of sp³-hybridized carbons (Fsp3) is 0.0417. The molecule has 0 aliphatic carbocycles. The van der Waals surface area contributed by atoms with E-state index in [4.69, 9.17) is 0 Å². The van der Waals surface area contributed by atoms with Crippen molar-refractivity contribution >= 4 is 5.91 Å². The van der Waals surface area contributed by atoms with E-state index in [1.807, 2.05) is 24.3 Å². The fourth-order valence-electron chi connectivity index (χ4n) is 3.28. The average Bonchev–Trinajstić information content (AvgIpc) is 3.32. The van der Waals surface area contributed by atoms with Gasteiger partial charge in [0.15, 0.2) is 0 Å². The maximum atomic E-state index is 14.4. The highest BCUT2D eigenvalue weighted by Gasteiger charge is 2.15. The minimum atomic E-state index is -0.400. The van der Waals surface area contributed by atoms with Crippen molar-refractivity contribution in [2.24, 2.45) is 0 Å². The zero-order valence-corrected chi connectivity index (χ0v) is 15.9. The van der Waals surface area contributed by atoms with E-state index >= 15 is 0 Å². The molecule has 146 valence electrons. The standard InChI is InChI=1S/C24H17FN4O/c25-22-13-17(9-10-23(22)29-12-11-27-16-29)15-28-24(30)21-8-4-3-7-20(21)19-6-2-1-5-18(19)14-26/h1-13,16H,15H2,(H,28,30). The number of hydrogen-bond donors (Lipinski definition) is 1. The maximum absolute atomic E-state index is 14.4. The molecule has 4 rings (SSSR count). The number of aromatic nitrogens is 2. The van der Waals surface area contributed by atoms with Crippen LogP contribution in [0.25, 0.3) is 16.8 Å². The summed E-state index contributed by atoms with van der Waals surface area (Å²) >= 11 is 0. The van der Waals surface area contributed by atoms with Crippen LogP contribution in [0, 0.1) is 17.1 Å². The number of benzene rings is 3. The number of nitriles is 1. The van der Waals surface area contributed by atoms with Gasteiger partial charge in [0.05, 0.1) is 23.6 Å². The van der Waals surface area contributed by atoms with Crippen LogP contribution in [0.1, 0.15) is 21.5 Å². The molecule has 0 saturated heterocycles. The van der Waals surface area contributed by atoms with Gasteiger partial charge in [-0.1, -0.05) is 42.5 Å². The van der Waals surface area contributed by atoms with E-state index in [0.717, 1.165) is 0 Å². The zero-order chi connectivity index (χ0) is 20.9. The predicted octanol–water partition coefficient (Wildman–Crippen LogP) is 4.48. The van der Waals surface area contributed by atoms with Crippen LogP contribution in [0.3, 0.4) is 0 Å². The lowest BCUT2D eigenvalue weighted by atomic mass is 9.95. The number of amides is 1. The fourth-order valence-corrected chi connectivity index (χ4v) is 3.28. The molecular formula is C24H17FN4O. The molecule has 0 bridgehead atoms. The minimum Gasteiger partial charge on any atom is -0.348 e. The Morgan fingerprint density at radius 3 is 2.57 bits per heavy atom. The molecule has 6 heteroatoms. The second kappa shape index (κ2) is 8.41. The van der Waals surface area contributed by atoms with Crippen LogP contribution in [-0.2, 0) is 6.54 Å². The molecule has 0 fully saturated rings. The molecule has 1 amide bonds. The summed E-state index contributed by atoms with van der Waals surface area (Å²) in [6, 6.07) is 21.2. The van der Waals surface area contributed by atoms with Gasteiger partial charge in [0.2, 0.25) is 0 Å². The summed E-state index contributed by atoms with van der Waals surface area (Å²) in [7, 11) is 0.